The standard InChI is InChI=1S/C31H25Cl3N2O5/c1-19-6-4-7-20(14-19)30(27-17-38-18-39-27,26-12-13-36(35-26)25-16-23(33)10-11-24(25)34)31(21-8-5-9-22(32)15-21)28(37)40-29(2,3)41-31/h4-17H,18H2,1-3H3. The van der Waals surface area contributed by atoms with Gasteiger partial charge in [0.25, 0.3) is 0 Å². The number of carbonyl (C=O) groups is 1. The second-order valence-electron chi connectivity index (χ2n) is 10.4. The average Bonchev–Trinajstić information content (AvgIpc) is 3.67. The zero-order valence-electron chi connectivity index (χ0n) is 22.4. The van der Waals surface area contributed by atoms with Gasteiger partial charge in [0.2, 0.25) is 18.2 Å². The third-order valence-corrected chi connectivity index (χ3v) is 8.00. The molecule has 3 aromatic carbocycles. The molecule has 4 aromatic rings. The molecule has 10 heteroatoms. The van der Waals surface area contributed by atoms with Gasteiger partial charge in [0.15, 0.2) is 5.76 Å². The summed E-state index contributed by atoms with van der Waals surface area (Å²) in [7, 11) is 0. The Labute approximate surface area is 252 Å². The zero-order chi connectivity index (χ0) is 29.0. The summed E-state index contributed by atoms with van der Waals surface area (Å²) in [6.45, 7) is 5.27. The van der Waals surface area contributed by atoms with E-state index in [2.05, 4.69) is 0 Å². The number of hydrogen-bond donors (Lipinski definition) is 0. The monoisotopic (exact) mass is 610 g/mol. The van der Waals surface area contributed by atoms with Crippen molar-refractivity contribution in [1.29, 1.82) is 0 Å². The van der Waals surface area contributed by atoms with E-state index in [1.807, 2.05) is 31.2 Å². The van der Waals surface area contributed by atoms with E-state index in [4.69, 9.17) is 58.8 Å². The van der Waals surface area contributed by atoms with Crippen molar-refractivity contribution in [1.82, 2.24) is 9.78 Å². The van der Waals surface area contributed by atoms with Crippen LogP contribution in [-0.2, 0) is 34.8 Å². The minimum Gasteiger partial charge on any atom is -0.462 e. The lowest BCUT2D eigenvalue weighted by molar-refractivity contribution is -0.178. The first-order valence-electron chi connectivity index (χ1n) is 12.8. The molecule has 0 bridgehead atoms. The van der Waals surface area contributed by atoms with Crippen molar-refractivity contribution in [2.24, 2.45) is 0 Å². The Balaban J connectivity index is 1.76. The summed E-state index contributed by atoms with van der Waals surface area (Å²) in [5, 5.41) is 6.34. The van der Waals surface area contributed by atoms with Gasteiger partial charge in [-0.05, 0) is 54.4 Å². The van der Waals surface area contributed by atoms with Gasteiger partial charge >= 0.3 is 5.97 Å². The van der Waals surface area contributed by atoms with Crippen molar-refractivity contribution in [2.75, 3.05) is 6.79 Å². The molecule has 0 spiro atoms. The van der Waals surface area contributed by atoms with Crippen molar-refractivity contribution in [3.05, 3.63) is 128 Å². The predicted molar refractivity (Wildman–Crippen MR) is 155 cm³/mol. The van der Waals surface area contributed by atoms with Crippen LogP contribution in [0, 0.1) is 6.92 Å². The first-order valence-corrected chi connectivity index (χ1v) is 13.9. The van der Waals surface area contributed by atoms with E-state index in [0.717, 1.165) is 5.56 Å². The molecule has 210 valence electrons. The molecule has 2 unspecified atom stereocenters. The van der Waals surface area contributed by atoms with Gasteiger partial charge in [-0.3, -0.25) is 0 Å². The van der Waals surface area contributed by atoms with E-state index in [1.54, 1.807) is 73.3 Å². The average molecular weight is 612 g/mol. The van der Waals surface area contributed by atoms with E-state index in [-0.39, 0.29) is 6.79 Å². The Bertz CT molecular complexity index is 1700. The minimum absolute atomic E-state index is 0.0617. The highest BCUT2D eigenvalue weighted by atomic mass is 35.5. The van der Waals surface area contributed by atoms with E-state index >= 15 is 0 Å². The molecular weight excluding hydrogens is 587 g/mol. The van der Waals surface area contributed by atoms with E-state index in [1.165, 1.54) is 6.26 Å². The van der Waals surface area contributed by atoms with Gasteiger partial charge in [0.05, 0.1) is 16.4 Å². The highest BCUT2D eigenvalue weighted by Gasteiger charge is 2.72. The molecule has 0 N–H and O–H groups in total. The predicted octanol–water partition coefficient (Wildman–Crippen LogP) is 7.48. The van der Waals surface area contributed by atoms with Crippen LogP contribution in [0.4, 0.5) is 0 Å². The summed E-state index contributed by atoms with van der Waals surface area (Å²) in [4.78, 5) is 14.4. The molecule has 0 amide bonds. The number of aromatic nitrogens is 2. The highest BCUT2D eigenvalue weighted by molar-refractivity contribution is 6.34. The number of esters is 1. The van der Waals surface area contributed by atoms with Gasteiger partial charge < -0.3 is 18.9 Å². The third kappa shape index (κ3) is 4.39. The summed E-state index contributed by atoms with van der Waals surface area (Å²) in [6, 6.07) is 21.6. The highest BCUT2D eigenvalue weighted by Crippen LogP contribution is 2.59. The van der Waals surface area contributed by atoms with Gasteiger partial charge in [-0.25, -0.2) is 9.48 Å². The largest absolute Gasteiger partial charge is 0.462 e. The fourth-order valence-electron chi connectivity index (χ4n) is 5.67. The minimum atomic E-state index is -1.86. The van der Waals surface area contributed by atoms with Gasteiger partial charge in [0, 0.05) is 30.1 Å². The quantitative estimate of drug-likeness (QED) is 0.211. The van der Waals surface area contributed by atoms with Crippen LogP contribution in [0.15, 0.2) is 91.0 Å². The second kappa shape index (κ2) is 10.1. The van der Waals surface area contributed by atoms with E-state index < -0.39 is 22.8 Å². The molecule has 0 aliphatic carbocycles. The Hall–Kier alpha value is -3.49. The molecule has 2 atom stereocenters. The Kier molecular flexibility index (Phi) is 6.82. The lowest BCUT2D eigenvalue weighted by Crippen LogP contribution is -2.56. The maximum Gasteiger partial charge on any atom is 0.347 e. The Morgan fingerprint density at radius 2 is 1.73 bits per heavy atom. The summed E-state index contributed by atoms with van der Waals surface area (Å²) in [5.74, 6) is -1.65. The maximum absolute atomic E-state index is 14.4. The van der Waals surface area contributed by atoms with Crippen molar-refractivity contribution in [2.45, 2.75) is 37.6 Å². The molecule has 41 heavy (non-hydrogen) atoms. The fraction of sp³-hybridized carbons (Fsp3) is 0.226. The molecule has 2 aliphatic heterocycles. The SMILES string of the molecule is Cc1cccc(C(C2=COCO2)(c2ccn(-c3cc(Cl)ccc3Cl)n2)C2(c3cccc(Cl)c3)OC(C)(C)OC2=O)c1. The Morgan fingerprint density at radius 3 is 2.41 bits per heavy atom. The number of rotatable bonds is 6. The van der Waals surface area contributed by atoms with Crippen LogP contribution in [0.25, 0.3) is 5.69 Å². The number of hydrogen-bond acceptors (Lipinski definition) is 6. The van der Waals surface area contributed by atoms with Crippen LogP contribution < -0.4 is 0 Å². The summed E-state index contributed by atoms with van der Waals surface area (Å²) < 4.78 is 26.1. The summed E-state index contributed by atoms with van der Waals surface area (Å²) in [5.41, 5.74) is -0.401. The molecule has 2 aliphatic rings. The van der Waals surface area contributed by atoms with E-state index in [0.29, 0.717) is 43.3 Å². The fourth-order valence-corrected chi connectivity index (χ4v) is 6.23. The zero-order valence-corrected chi connectivity index (χ0v) is 24.6. The number of aryl methyl sites for hydroxylation is 1. The number of benzene rings is 3. The molecule has 0 saturated carbocycles. The van der Waals surface area contributed by atoms with Gasteiger partial charge in [-0.1, -0.05) is 76.8 Å². The molecule has 6 rings (SSSR count). The number of nitrogens with zero attached hydrogens (tertiary/aromatic N) is 2. The maximum atomic E-state index is 14.4. The van der Waals surface area contributed by atoms with Gasteiger partial charge in [-0.2, -0.15) is 5.10 Å². The van der Waals surface area contributed by atoms with Crippen LogP contribution in [0.5, 0.6) is 0 Å². The number of carbonyl (C=O) groups excluding carboxylic acids is 1. The first-order chi connectivity index (χ1) is 19.6. The lowest BCUT2D eigenvalue weighted by atomic mass is 9.61. The van der Waals surface area contributed by atoms with Crippen LogP contribution in [0.1, 0.15) is 36.2 Å². The van der Waals surface area contributed by atoms with Crippen molar-refractivity contribution < 1.29 is 23.7 Å². The van der Waals surface area contributed by atoms with Crippen molar-refractivity contribution in [3.8, 4) is 5.69 Å². The molecule has 1 saturated heterocycles. The number of halogens is 3. The molecule has 1 aromatic heterocycles. The van der Waals surface area contributed by atoms with Crippen LogP contribution >= 0.6 is 34.8 Å². The smallest absolute Gasteiger partial charge is 0.347 e. The van der Waals surface area contributed by atoms with Crippen LogP contribution in [0.2, 0.25) is 15.1 Å². The molecule has 1 fully saturated rings. The van der Waals surface area contributed by atoms with Crippen molar-refractivity contribution >= 4 is 40.8 Å². The van der Waals surface area contributed by atoms with Gasteiger partial charge in [-0.15, -0.1) is 0 Å². The first kappa shape index (κ1) is 27.7. The van der Waals surface area contributed by atoms with Crippen LogP contribution in [-0.4, -0.2) is 28.3 Å². The van der Waals surface area contributed by atoms with E-state index in [9.17, 15) is 4.79 Å². The number of cyclic esters (lactones) is 1. The normalized spacial score (nSPS) is 21.0. The summed E-state index contributed by atoms with van der Waals surface area (Å²) >= 11 is 19.4. The molecule has 7 nitrogen and oxygen atoms in total. The number of ether oxygens (including phenoxy) is 4. The van der Waals surface area contributed by atoms with Gasteiger partial charge in [0.1, 0.15) is 11.7 Å². The molecular formula is C31H25Cl3N2O5. The Morgan fingerprint density at radius 1 is 0.951 bits per heavy atom. The summed E-state index contributed by atoms with van der Waals surface area (Å²) in [6.07, 6.45) is 3.23. The molecule has 0 radical (unpaired) electrons. The van der Waals surface area contributed by atoms with Crippen LogP contribution in [0.3, 0.4) is 0 Å². The second-order valence-corrected chi connectivity index (χ2v) is 11.6. The topological polar surface area (TPSA) is 71.8 Å². The lowest BCUT2D eigenvalue weighted by Gasteiger charge is -2.44. The van der Waals surface area contributed by atoms with Crippen molar-refractivity contribution in [3.63, 3.8) is 0 Å². The third-order valence-electron chi connectivity index (χ3n) is 7.21. The molecule has 3 heterocycles.